The highest BCUT2D eigenvalue weighted by molar-refractivity contribution is 7.89. The largest absolute Gasteiger partial charge is 0.338 e. The van der Waals surface area contributed by atoms with E-state index < -0.39 is 10.0 Å². The van der Waals surface area contributed by atoms with Crippen molar-refractivity contribution in [3.05, 3.63) is 77.9 Å². The smallest absolute Gasteiger partial charge is 0.253 e. The van der Waals surface area contributed by atoms with E-state index in [1.807, 2.05) is 53.4 Å². The van der Waals surface area contributed by atoms with E-state index in [1.54, 1.807) is 23.1 Å². The van der Waals surface area contributed by atoms with E-state index in [0.717, 1.165) is 29.3 Å². The summed E-state index contributed by atoms with van der Waals surface area (Å²) in [5, 5.41) is 1.88. The summed E-state index contributed by atoms with van der Waals surface area (Å²) in [5.74, 6) is 0.0397. The SMILES string of the molecule is O=C1CCCN1Cc1cccc(C(=O)N2CCN(S(=O)(=O)c3ccc4ccccc4c3)CC2)c1. The van der Waals surface area contributed by atoms with Crippen LogP contribution in [0.3, 0.4) is 0 Å². The highest BCUT2D eigenvalue weighted by Gasteiger charge is 2.30. The lowest BCUT2D eigenvalue weighted by atomic mass is 10.1. The quantitative estimate of drug-likeness (QED) is 0.566. The summed E-state index contributed by atoms with van der Waals surface area (Å²) in [5.41, 5.74) is 1.49. The number of nitrogens with zero attached hydrogens (tertiary/aromatic N) is 3. The minimum atomic E-state index is -3.63. The van der Waals surface area contributed by atoms with Crippen LogP contribution >= 0.6 is 0 Å². The number of sulfonamides is 1. The van der Waals surface area contributed by atoms with Crippen molar-refractivity contribution in [1.82, 2.24) is 14.1 Å². The zero-order valence-corrected chi connectivity index (χ0v) is 19.7. The number of benzene rings is 3. The van der Waals surface area contributed by atoms with Crippen molar-refractivity contribution in [3.8, 4) is 0 Å². The van der Waals surface area contributed by atoms with Gasteiger partial charge in [-0.15, -0.1) is 0 Å². The average Bonchev–Trinajstić information content (AvgIpc) is 3.27. The fourth-order valence-corrected chi connectivity index (χ4v) is 6.14. The maximum atomic E-state index is 13.2. The molecule has 7 nitrogen and oxygen atoms in total. The summed E-state index contributed by atoms with van der Waals surface area (Å²) in [7, 11) is -3.63. The highest BCUT2D eigenvalue weighted by Crippen LogP contribution is 2.23. The van der Waals surface area contributed by atoms with Crippen molar-refractivity contribution >= 4 is 32.6 Å². The Morgan fingerprint density at radius 3 is 2.32 bits per heavy atom. The first kappa shape index (κ1) is 22.6. The standard InChI is InChI=1S/C26H27N3O4S/c30-25-9-4-12-28(25)19-20-5-3-8-23(17-20)26(31)27-13-15-29(16-14-27)34(32,33)24-11-10-21-6-1-2-7-22(21)18-24/h1-3,5-8,10-11,17-18H,4,9,12-16,19H2. The molecule has 2 fully saturated rings. The number of hydrogen-bond acceptors (Lipinski definition) is 4. The number of hydrogen-bond donors (Lipinski definition) is 0. The van der Waals surface area contributed by atoms with Gasteiger partial charge >= 0.3 is 0 Å². The first-order valence-corrected chi connectivity index (χ1v) is 13.0. The van der Waals surface area contributed by atoms with E-state index >= 15 is 0 Å². The van der Waals surface area contributed by atoms with Gasteiger partial charge < -0.3 is 9.80 Å². The Bertz CT molecular complexity index is 1350. The van der Waals surface area contributed by atoms with Crippen LogP contribution < -0.4 is 0 Å². The number of likely N-dealkylation sites (tertiary alicyclic amines) is 1. The molecule has 8 heteroatoms. The lowest BCUT2D eigenvalue weighted by molar-refractivity contribution is -0.128. The highest BCUT2D eigenvalue weighted by atomic mass is 32.2. The van der Waals surface area contributed by atoms with Gasteiger partial charge in [0.1, 0.15) is 0 Å². The second-order valence-corrected chi connectivity index (χ2v) is 10.8. The van der Waals surface area contributed by atoms with Crippen molar-refractivity contribution in [1.29, 1.82) is 0 Å². The molecule has 5 rings (SSSR count). The molecule has 2 aliphatic heterocycles. The lowest BCUT2D eigenvalue weighted by Gasteiger charge is -2.34. The van der Waals surface area contributed by atoms with Crippen LogP contribution in [0.25, 0.3) is 10.8 Å². The van der Waals surface area contributed by atoms with Crippen LogP contribution in [0.15, 0.2) is 71.6 Å². The Kier molecular flexibility index (Phi) is 6.10. The molecule has 0 spiro atoms. The van der Waals surface area contributed by atoms with Crippen molar-refractivity contribution in [2.45, 2.75) is 24.3 Å². The third-order valence-electron chi connectivity index (χ3n) is 6.60. The summed E-state index contributed by atoms with van der Waals surface area (Å²) in [6.45, 7) is 2.44. The van der Waals surface area contributed by atoms with Gasteiger partial charge in [-0.05, 0) is 47.0 Å². The third kappa shape index (κ3) is 4.43. The molecular weight excluding hydrogens is 450 g/mol. The molecule has 0 N–H and O–H groups in total. The van der Waals surface area contributed by atoms with E-state index in [0.29, 0.717) is 31.6 Å². The normalized spacial score (nSPS) is 17.5. The molecule has 0 unspecified atom stereocenters. The molecule has 2 aliphatic rings. The molecular formula is C26H27N3O4S. The van der Waals surface area contributed by atoms with Gasteiger partial charge in [-0.1, -0.05) is 42.5 Å². The van der Waals surface area contributed by atoms with Gasteiger partial charge in [0.05, 0.1) is 4.90 Å². The Morgan fingerprint density at radius 2 is 1.59 bits per heavy atom. The molecule has 2 heterocycles. The van der Waals surface area contributed by atoms with Gasteiger partial charge in [0.25, 0.3) is 5.91 Å². The van der Waals surface area contributed by atoms with Crippen LogP contribution in [0.1, 0.15) is 28.8 Å². The summed E-state index contributed by atoms with van der Waals surface area (Å²) < 4.78 is 27.9. The Labute approximate surface area is 199 Å². The van der Waals surface area contributed by atoms with Crippen LogP contribution in [0.4, 0.5) is 0 Å². The molecule has 0 aliphatic carbocycles. The molecule has 0 radical (unpaired) electrons. The van der Waals surface area contributed by atoms with Crippen LogP contribution in [0.5, 0.6) is 0 Å². The maximum absolute atomic E-state index is 13.2. The first-order valence-electron chi connectivity index (χ1n) is 11.6. The van der Waals surface area contributed by atoms with Crippen molar-refractivity contribution in [2.24, 2.45) is 0 Å². The van der Waals surface area contributed by atoms with Crippen molar-refractivity contribution < 1.29 is 18.0 Å². The van der Waals surface area contributed by atoms with Gasteiger partial charge in [0, 0.05) is 51.3 Å². The van der Waals surface area contributed by atoms with Crippen LogP contribution in [-0.4, -0.2) is 67.1 Å². The third-order valence-corrected chi connectivity index (χ3v) is 8.50. The Hall–Kier alpha value is -3.23. The monoisotopic (exact) mass is 477 g/mol. The second-order valence-electron chi connectivity index (χ2n) is 8.82. The molecule has 0 saturated carbocycles. The molecule has 3 aromatic carbocycles. The van der Waals surface area contributed by atoms with Crippen LogP contribution in [0, 0.1) is 0 Å². The predicted octanol–water partition coefficient (Wildman–Crippen LogP) is 3.11. The van der Waals surface area contributed by atoms with Crippen LogP contribution in [-0.2, 0) is 21.4 Å². The minimum Gasteiger partial charge on any atom is -0.338 e. The molecule has 2 saturated heterocycles. The van der Waals surface area contributed by atoms with E-state index in [2.05, 4.69) is 0 Å². The summed E-state index contributed by atoms with van der Waals surface area (Å²) in [6.07, 6.45) is 1.47. The van der Waals surface area contributed by atoms with E-state index in [4.69, 9.17) is 0 Å². The van der Waals surface area contributed by atoms with Crippen molar-refractivity contribution in [3.63, 3.8) is 0 Å². The van der Waals surface area contributed by atoms with Crippen LogP contribution in [0.2, 0.25) is 0 Å². The summed E-state index contributed by atoms with van der Waals surface area (Å²) >= 11 is 0. The number of fused-ring (bicyclic) bond motifs is 1. The minimum absolute atomic E-state index is 0.114. The summed E-state index contributed by atoms with van der Waals surface area (Å²) in [6, 6.07) is 20.2. The molecule has 0 aromatic heterocycles. The van der Waals surface area contributed by atoms with Crippen molar-refractivity contribution in [2.75, 3.05) is 32.7 Å². The molecule has 3 aromatic rings. The molecule has 34 heavy (non-hydrogen) atoms. The zero-order chi connectivity index (χ0) is 23.7. The first-order chi connectivity index (χ1) is 16.4. The molecule has 2 amide bonds. The molecule has 176 valence electrons. The molecule has 0 bridgehead atoms. The van der Waals surface area contributed by atoms with Gasteiger partial charge in [0.15, 0.2) is 0 Å². The zero-order valence-electron chi connectivity index (χ0n) is 18.9. The van der Waals surface area contributed by atoms with E-state index in [-0.39, 0.29) is 29.8 Å². The summed E-state index contributed by atoms with van der Waals surface area (Å²) in [4.78, 5) is 28.8. The number of carbonyl (C=O) groups excluding carboxylic acids is 2. The molecule has 0 atom stereocenters. The van der Waals surface area contributed by atoms with Gasteiger partial charge in [0.2, 0.25) is 15.9 Å². The van der Waals surface area contributed by atoms with Gasteiger partial charge in [-0.3, -0.25) is 9.59 Å². The second kappa shape index (κ2) is 9.19. The lowest BCUT2D eigenvalue weighted by Crippen LogP contribution is -2.50. The predicted molar refractivity (Wildman–Crippen MR) is 130 cm³/mol. The van der Waals surface area contributed by atoms with E-state index in [9.17, 15) is 18.0 Å². The topological polar surface area (TPSA) is 78.0 Å². The Morgan fingerprint density at radius 1 is 0.824 bits per heavy atom. The average molecular weight is 478 g/mol. The van der Waals surface area contributed by atoms with Gasteiger partial charge in [-0.2, -0.15) is 4.31 Å². The van der Waals surface area contributed by atoms with E-state index in [1.165, 1.54) is 4.31 Å². The fourth-order valence-electron chi connectivity index (χ4n) is 4.69. The maximum Gasteiger partial charge on any atom is 0.253 e. The van der Waals surface area contributed by atoms with Gasteiger partial charge in [-0.25, -0.2) is 8.42 Å². The fraction of sp³-hybridized carbons (Fsp3) is 0.308. The number of carbonyl (C=O) groups is 2. The Balaban J connectivity index is 1.25. The number of rotatable bonds is 5. The number of amides is 2. The number of piperazine rings is 1.